The van der Waals surface area contributed by atoms with Crippen molar-refractivity contribution in [3.8, 4) is 11.1 Å². The summed E-state index contributed by atoms with van der Waals surface area (Å²) in [6.45, 7) is 0. The van der Waals surface area contributed by atoms with Crippen LogP contribution >= 0.6 is 23.2 Å². The fraction of sp³-hybridized carbons (Fsp3) is 0. The highest BCUT2D eigenvalue weighted by Crippen LogP contribution is 2.38. The van der Waals surface area contributed by atoms with E-state index < -0.39 is 42.8 Å². The molecule has 10 heteroatoms. The van der Waals surface area contributed by atoms with Crippen molar-refractivity contribution in [3.05, 3.63) is 67.8 Å². The Morgan fingerprint density at radius 3 is 1.92 bits per heavy atom. The van der Waals surface area contributed by atoms with Crippen LogP contribution in [0.15, 0.2) is 36.4 Å². The first-order valence-electron chi connectivity index (χ1n) is 6.20. The largest absolute Gasteiger partial charge is 0.289 e. The minimum absolute atomic E-state index is 0.143. The highest BCUT2D eigenvalue weighted by atomic mass is 35.5. The third-order valence-electron chi connectivity index (χ3n) is 3.16. The molecule has 0 bridgehead atoms. The molecule has 0 saturated heterocycles. The summed E-state index contributed by atoms with van der Waals surface area (Å²) in [4.78, 5) is 43.8. The van der Waals surface area contributed by atoms with Gasteiger partial charge in [-0.1, -0.05) is 18.2 Å². The van der Waals surface area contributed by atoms with Crippen molar-refractivity contribution in [2.45, 2.75) is 0 Å². The van der Waals surface area contributed by atoms with Crippen molar-refractivity contribution in [2.24, 2.45) is 0 Å². The van der Waals surface area contributed by atoms with Gasteiger partial charge in [0.15, 0.2) is 0 Å². The number of hydrogen-bond donors (Lipinski definition) is 0. The third kappa shape index (κ3) is 3.10. The molecule has 0 amide bonds. The highest BCUT2D eigenvalue weighted by Gasteiger charge is 2.30. The molecule has 0 aliphatic heterocycles. The Morgan fingerprint density at radius 1 is 0.833 bits per heavy atom. The molecule has 0 saturated carbocycles. The van der Waals surface area contributed by atoms with Crippen LogP contribution < -0.4 is 0 Å². The molecule has 0 N–H and O–H groups in total. The minimum Gasteiger partial charge on any atom is -0.275 e. The number of nitro benzene ring substituents is 2. The zero-order valence-corrected chi connectivity index (χ0v) is 13.1. The average Bonchev–Trinajstić information content (AvgIpc) is 2.52. The molecule has 2 rings (SSSR count). The molecule has 122 valence electrons. The molecular formula is C14H6Cl2N2O6. The number of carbonyl (C=O) groups is 2. The van der Waals surface area contributed by atoms with Gasteiger partial charge in [-0.2, -0.15) is 0 Å². The summed E-state index contributed by atoms with van der Waals surface area (Å²) in [6, 6.07) is 7.23. The average molecular weight is 369 g/mol. The van der Waals surface area contributed by atoms with E-state index in [9.17, 15) is 29.8 Å². The van der Waals surface area contributed by atoms with Crippen molar-refractivity contribution in [1.82, 2.24) is 0 Å². The summed E-state index contributed by atoms with van der Waals surface area (Å²) in [5.74, 6) is 0. The normalized spacial score (nSPS) is 10.2. The molecule has 0 unspecified atom stereocenters. The summed E-state index contributed by atoms with van der Waals surface area (Å²) >= 11 is 10.8. The second-order valence-electron chi connectivity index (χ2n) is 4.46. The van der Waals surface area contributed by atoms with Crippen LogP contribution in [0.2, 0.25) is 0 Å². The molecule has 0 aliphatic rings. The molecule has 24 heavy (non-hydrogen) atoms. The van der Waals surface area contributed by atoms with E-state index in [1.165, 1.54) is 24.3 Å². The second kappa shape index (κ2) is 6.73. The number of carbonyl (C=O) groups excluding carboxylic acids is 2. The van der Waals surface area contributed by atoms with Crippen LogP contribution in [-0.2, 0) is 0 Å². The fourth-order valence-corrected chi connectivity index (χ4v) is 2.59. The van der Waals surface area contributed by atoms with Gasteiger partial charge in [0.05, 0.1) is 15.4 Å². The van der Waals surface area contributed by atoms with E-state index in [2.05, 4.69) is 0 Å². The maximum Gasteiger partial charge on any atom is 0.289 e. The van der Waals surface area contributed by atoms with Crippen molar-refractivity contribution in [1.29, 1.82) is 0 Å². The van der Waals surface area contributed by atoms with Gasteiger partial charge in [0, 0.05) is 11.6 Å². The van der Waals surface area contributed by atoms with Gasteiger partial charge < -0.3 is 0 Å². The molecule has 0 heterocycles. The molecule has 0 radical (unpaired) electrons. The van der Waals surface area contributed by atoms with Crippen LogP contribution in [0.1, 0.15) is 20.7 Å². The number of rotatable bonds is 5. The summed E-state index contributed by atoms with van der Waals surface area (Å²) in [5, 5.41) is 20.2. The Hall–Kier alpha value is -2.84. The van der Waals surface area contributed by atoms with Gasteiger partial charge in [0.1, 0.15) is 11.1 Å². The molecule has 8 nitrogen and oxygen atoms in total. The van der Waals surface area contributed by atoms with E-state index in [4.69, 9.17) is 23.2 Å². The summed E-state index contributed by atoms with van der Waals surface area (Å²) < 4.78 is 0. The minimum atomic E-state index is -1.16. The topological polar surface area (TPSA) is 120 Å². The number of nitro groups is 2. The quantitative estimate of drug-likeness (QED) is 0.447. The molecule has 0 fully saturated rings. The van der Waals surface area contributed by atoms with Crippen molar-refractivity contribution < 1.29 is 19.4 Å². The Kier molecular flexibility index (Phi) is 4.91. The number of para-hydroxylation sites is 1. The molecule has 0 aromatic heterocycles. The molecule has 2 aromatic carbocycles. The van der Waals surface area contributed by atoms with E-state index in [0.29, 0.717) is 0 Å². The van der Waals surface area contributed by atoms with Crippen LogP contribution in [-0.4, -0.2) is 20.3 Å². The lowest BCUT2D eigenvalue weighted by atomic mass is 9.95. The number of halogens is 2. The van der Waals surface area contributed by atoms with Gasteiger partial charge in [-0.15, -0.1) is 0 Å². The standard InChI is InChI=1S/C14H6Cl2N2O6/c15-13(19)9-5-1-4-8(12(9)18(23)24)7-3-2-6-10(17(21)22)11(7)14(16)20/h1-6H. The Morgan fingerprint density at radius 2 is 1.42 bits per heavy atom. The van der Waals surface area contributed by atoms with Gasteiger partial charge in [-0.25, -0.2) is 0 Å². The predicted molar refractivity (Wildman–Crippen MR) is 85.6 cm³/mol. The maximum absolute atomic E-state index is 11.7. The smallest absolute Gasteiger partial charge is 0.275 e. The Balaban J connectivity index is 2.93. The van der Waals surface area contributed by atoms with Gasteiger partial charge in [0.25, 0.3) is 21.9 Å². The SMILES string of the molecule is O=C(Cl)c1cccc(-c2cccc([N+](=O)[O-])c2C(=O)Cl)c1[N+](=O)[O-]. The van der Waals surface area contributed by atoms with Crippen molar-refractivity contribution >= 4 is 45.1 Å². The van der Waals surface area contributed by atoms with Gasteiger partial charge in [0.2, 0.25) is 0 Å². The maximum atomic E-state index is 11.7. The molecule has 0 aliphatic carbocycles. The molecule has 0 atom stereocenters. The number of nitrogens with zero attached hydrogens (tertiary/aromatic N) is 2. The third-order valence-corrected chi connectivity index (χ3v) is 3.55. The summed E-state index contributed by atoms with van der Waals surface area (Å²) in [5.41, 5.74) is -2.51. The summed E-state index contributed by atoms with van der Waals surface area (Å²) in [7, 11) is 0. The summed E-state index contributed by atoms with van der Waals surface area (Å²) in [6.07, 6.45) is 0. The van der Waals surface area contributed by atoms with E-state index in [1.807, 2.05) is 0 Å². The number of hydrogen-bond acceptors (Lipinski definition) is 6. The fourth-order valence-electron chi connectivity index (χ4n) is 2.24. The molecule has 2 aromatic rings. The lowest BCUT2D eigenvalue weighted by Gasteiger charge is -2.09. The van der Waals surface area contributed by atoms with Crippen LogP contribution in [0.4, 0.5) is 11.4 Å². The predicted octanol–water partition coefficient (Wildman–Crippen LogP) is 3.93. The molecular weight excluding hydrogens is 363 g/mol. The zero-order valence-electron chi connectivity index (χ0n) is 11.6. The number of benzene rings is 2. The lowest BCUT2D eigenvalue weighted by molar-refractivity contribution is -0.385. The lowest BCUT2D eigenvalue weighted by Crippen LogP contribution is -2.05. The van der Waals surface area contributed by atoms with Crippen LogP contribution in [0.5, 0.6) is 0 Å². The molecule has 0 spiro atoms. The highest BCUT2D eigenvalue weighted by molar-refractivity contribution is 6.69. The van der Waals surface area contributed by atoms with Gasteiger partial charge >= 0.3 is 0 Å². The van der Waals surface area contributed by atoms with Crippen molar-refractivity contribution in [2.75, 3.05) is 0 Å². The van der Waals surface area contributed by atoms with E-state index in [-0.39, 0.29) is 11.1 Å². The van der Waals surface area contributed by atoms with Crippen LogP contribution in [0, 0.1) is 20.2 Å². The van der Waals surface area contributed by atoms with Crippen LogP contribution in [0.3, 0.4) is 0 Å². The second-order valence-corrected chi connectivity index (χ2v) is 5.15. The van der Waals surface area contributed by atoms with Gasteiger partial charge in [-0.05, 0) is 35.3 Å². The first-order valence-corrected chi connectivity index (χ1v) is 6.96. The van der Waals surface area contributed by atoms with Gasteiger partial charge in [-0.3, -0.25) is 29.8 Å². The van der Waals surface area contributed by atoms with Crippen molar-refractivity contribution in [3.63, 3.8) is 0 Å². The first kappa shape index (κ1) is 17.5. The van der Waals surface area contributed by atoms with E-state index >= 15 is 0 Å². The first-order chi connectivity index (χ1) is 11.3. The Bertz CT molecular complexity index is 823. The van der Waals surface area contributed by atoms with E-state index in [0.717, 1.165) is 12.1 Å². The Labute approximate surface area is 143 Å². The monoisotopic (exact) mass is 368 g/mol. The van der Waals surface area contributed by atoms with Crippen LogP contribution in [0.25, 0.3) is 11.1 Å². The zero-order chi connectivity index (χ0) is 18.0. The van der Waals surface area contributed by atoms with E-state index in [1.54, 1.807) is 0 Å².